The average Bonchev–Trinajstić information content (AvgIpc) is 2.01. The molecular weight excluding hydrogens is 1160 g/mol. The quantitative estimate of drug-likeness (QED) is 0.0653. The minimum atomic E-state index is -0.292. The first-order valence-corrected chi connectivity index (χ1v) is 31.8. The van der Waals surface area contributed by atoms with Crippen molar-refractivity contribution in [2.24, 2.45) is 0 Å². The molecule has 1 heterocycles. The molecule has 1 aromatic heterocycles. The second-order valence-electron chi connectivity index (χ2n) is 23.5. The molecule has 5 N–H and O–H groups in total. The number of anilines is 1. The maximum atomic E-state index is 13.3. The van der Waals surface area contributed by atoms with Gasteiger partial charge in [-0.15, -0.1) is 0 Å². The monoisotopic (exact) mass is 1250 g/mol. The lowest BCUT2D eigenvalue weighted by Gasteiger charge is -2.21. The van der Waals surface area contributed by atoms with E-state index in [2.05, 4.69) is 145 Å². The van der Waals surface area contributed by atoms with Crippen LogP contribution in [0, 0.1) is 27.7 Å². The summed E-state index contributed by atoms with van der Waals surface area (Å²) in [7, 11) is 8.00. The van der Waals surface area contributed by atoms with Gasteiger partial charge in [0, 0.05) is 47.7 Å². The minimum absolute atomic E-state index is 0.0466. The van der Waals surface area contributed by atoms with E-state index >= 15 is 0 Å². The molecule has 0 saturated heterocycles. The number of aromatic nitrogens is 1. The lowest BCUT2D eigenvalue weighted by Crippen LogP contribution is -2.35. The third kappa shape index (κ3) is 15.6. The second-order valence-corrected chi connectivity index (χ2v) is 24.3. The van der Waals surface area contributed by atoms with Crippen LogP contribution in [0.15, 0.2) is 168 Å². The van der Waals surface area contributed by atoms with Crippen LogP contribution in [0.25, 0.3) is 32.3 Å². The Morgan fingerprint density at radius 1 is 0.477 bits per heavy atom. The molecule has 0 aliphatic heterocycles. The van der Waals surface area contributed by atoms with E-state index in [4.69, 9.17) is 15.2 Å². The number of likely N-dealkylation sites (N-methyl/N-ethyl adjacent to an activating group) is 2. The fourth-order valence-corrected chi connectivity index (χ4v) is 11.7. The zero-order valence-electron chi connectivity index (χ0n) is 53.5. The zero-order chi connectivity index (χ0) is 63.3. The number of fused-ring (bicyclic) bond motifs is 3. The lowest BCUT2D eigenvalue weighted by atomic mass is 9.96. The van der Waals surface area contributed by atoms with Gasteiger partial charge in [-0.25, -0.2) is 4.98 Å². The molecule has 3 aliphatic rings. The molecule has 0 unspecified atom stereocenters. The number of benzene rings is 8. The Kier molecular flexibility index (Phi) is 21.9. The maximum absolute atomic E-state index is 13.3. The van der Waals surface area contributed by atoms with E-state index in [0.717, 1.165) is 78.3 Å². The number of nitrogen functional groups attached to an aromatic ring is 1. The van der Waals surface area contributed by atoms with Crippen LogP contribution in [-0.4, -0.2) is 87.0 Å². The van der Waals surface area contributed by atoms with Crippen molar-refractivity contribution in [3.63, 3.8) is 0 Å². The predicted molar refractivity (Wildman–Crippen MR) is 366 cm³/mol. The molecule has 3 amide bonds. The Morgan fingerprint density at radius 3 is 1.25 bits per heavy atom. The topological polar surface area (TPSA) is 151 Å². The van der Waals surface area contributed by atoms with Gasteiger partial charge in [-0.3, -0.25) is 14.4 Å². The SMILES string of the molecule is CC.CC.Cc1cc(Br)c(OCCN(C)C)cc1C(=O)NC1(c2cccc3ccccc23)CC1.Cc1cc(C)c(C(=O)NC2(c3cccc4ccccc34)CC2)cc1N.Cc1cnc(OCCN(C)C)cc1C(=O)NC1(c2cccc3ccccc23)CC1. The van der Waals surface area contributed by atoms with Gasteiger partial charge in [-0.05, 0) is 200 Å². The number of rotatable bonds is 17. The van der Waals surface area contributed by atoms with Crippen LogP contribution in [-0.2, 0) is 16.6 Å². The van der Waals surface area contributed by atoms with Crippen LogP contribution < -0.4 is 31.2 Å². The highest BCUT2D eigenvalue weighted by Gasteiger charge is 2.49. The van der Waals surface area contributed by atoms with E-state index in [0.29, 0.717) is 47.2 Å². The Labute approximate surface area is 529 Å². The van der Waals surface area contributed by atoms with Gasteiger partial charge >= 0.3 is 0 Å². The normalized spacial score (nSPS) is 14.3. The van der Waals surface area contributed by atoms with E-state index in [-0.39, 0.29) is 34.3 Å². The number of pyridine rings is 1. The lowest BCUT2D eigenvalue weighted by molar-refractivity contribution is 0.0921. The molecular formula is C75H88BrN7O5. The predicted octanol–water partition coefficient (Wildman–Crippen LogP) is 15.7. The number of amides is 3. The molecule has 12 rings (SSSR count). The molecule has 8 aromatic carbocycles. The van der Waals surface area contributed by atoms with Gasteiger partial charge in [-0.2, -0.15) is 0 Å². The van der Waals surface area contributed by atoms with Crippen molar-refractivity contribution >= 4 is 71.7 Å². The summed E-state index contributed by atoms with van der Waals surface area (Å²) in [6.45, 7) is 18.5. The molecule has 3 fully saturated rings. The summed E-state index contributed by atoms with van der Waals surface area (Å²) in [5.74, 6) is 1.01. The van der Waals surface area contributed by atoms with Crippen molar-refractivity contribution in [2.75, 3.05) is 60.2 Å². The highest BCUT2D eigenvalue weighted by Crippen LogP contribution is 2.50. The summed E-state index contributed by atoms with van der Waals surface area (Å²) >= 11 is 3.56. The van der Waals surface area contributed by atoms with Crippen LogP contribution in [0.2, 0.25) is 0 Å². The summed E-state index contributed by atoms with van der Waals surface area (Å²) in [5, 5.41) is 17.1. The number of hydrogen-bond donors (Lipinski definition) is 4. The largest absolute Gasteiger partial charge is 0.491 e. The number of ether oxygens (including phenoxy) is 2. The Balaban J connectivity index is 0.000000167. The summed E-state index contributed by atoms with van der Waals surface area (Å²) in [4.78, 5) is 47.8. The van der Waals surface area contributed by atoms with Crippen molar-refractivity contribution in [1.29, 1.82) is 0 Å². The van der Waals surface area contributed by atoms with Crippen LogP contribution >= 0.6 is 15.9 Å². The molecule has 12 nitrogen and oxygen atoms in total. The molecule has 460 valence electrons. The average molecular weight is 1250 g/mol. The van der Waals surface area contributed by atoms with Gasteiger partial charge in [0.25, 0.3) is 17.7 Å². The zero-order valence-corrected chi connectivity index (χ0v) is 55.1. The van der Waals surface area contributed by atoms with Crippen molar-refractivity contribution in [1.82, 2.24) is 30.7 Å². The van der Waals surface area contributed by atoms with Gasteiger partial charge < -0.3 is 41.0 Å². The van der Waals surface area contributed by atoms with Gasteiger partial charge in [0.05, 0.1) is 21.1 Å². The number of nitrogens with zero attached hydrogens (tertiary/aromatic N) is 3. The minimum Gasteiger partial charge on any atom is -0.491 e. The first-order chi connectivity index (χ1) is 42.4. The molecule has 9 aromatic rings. The van der Waals surface area contributed by atoms with Crippen molar-refractivity contribution in [2.45, 2.75) is 111 Å². The number of aryl methyl sites for hydroxylation is 4. The first kappa shape index (κ1) is 65.9. The number of nitrogens with one attached hydrogen (secondary N) is 3. The van der Waals surface area contributed by atoms with Crippen molar-refractivity contribution in [3.05, 3.63) is 224 Å². The fraction of sp³-hybridized carbons (Fsp3) is 0.333. The first-order valence-electron chi connectivity index (χ1n) is 31.0. The highest BCUT2D eigenvalue weighted by atomic mass is 79.9. The van der Waals surface area contributed by atoms with E-state index in [9.17, 15) is 14.4 Å². The number of hydrogen-bond acceptors (Lipinski definition) is 9. The van der Waals surface area contributed by atoms with Crippen LogP contribution in [0.1, 0.15) is 136 Å². The van der Waals surface area contributed by atoms with Crippen molar-refractivity contribution < 1.29 is 23.9 Å². The smallest absolute Gasteiger partial charge is 0.252 e. The number of nitrogens with two attached hydrogens (primary N) is 1. The van der Waals surface area contributed by atoms with E-state index in [1.54, 1.807) is 18.3 Å². The molecule has 0 atom stereocenters. The Morgan fingerprint density at radius 2 is 0.841 bits per heavy atom. The van der Waals surface area contributed by atoms with Crippen LogP contribution in [0.4, 0.5) is 5.69 Å². The van der Waals surface area contributed by atoms with Gasteiger partial charge in [0.1, 0.15) is 19.0 Å². The van der Waals surface area contributed by atoms with Crippen LogP contribution in [0.5, 0.6) is 11.6 Å². The standard InChI is InChI=1S/C25H27BrN2O2.C24H27N3O2.C22H22N2O.2C2H6/c1-17-15-22(26)23(30-14-13-28(2)3)16-20(17)24(29)27-25(11-12-25)21-10-6-8-18-7-4-5-9-19(18)21;1-17-16-25-22(29-14-13-27(2)3)15-20(17)23(28)26-24(11-12-24)21-10-6-8-18-7-4-5-9-19(18)21;1-14-12-15(2)20(23)13-18(14)21(25)24-22(10-11-22)19-9-5-7-16-6-3-4-8-17(16)19;2*1-2/h4-10,15-16H,11-14H2,1-3H3,(H,27,29);4-10,15-16H,11-14H2,1-3H3,(H,26,28);3-9,12-13H,10-11,23H2,1-2H3,(H,24,25);2*1-2H3. The second kappa shape index (κ2) is 29.3. The van der Waals surface area contributed by atoms with E-state index in [1.807, 2.05) is 131 Å². The maximum Gasteiger partial charge on any atom is 0.252 e. The van der Waals surface area contributed by atoms with Gasteiger partial charge in [0.15, 0.2) is 0 Å². The van der Waals surface area contributed by atoms with E-state index < -0.39 is 0 Å². The van der Waals surface area contributed by atoms with E-state index in [1.165, 1.54) is 49.0 Å². The molecule has 0 spiro atoms. The summed E-state index contributed by atoms with van der Waals surface area (Å²) in [6.07, 6.45) is 7.44. The Hall–Kier alpha value is -8.10. The third-order valence-corrected chi connectivity index (χ3v) is 17.1. The molecule has 88 heavy (non-hydrogen) atoms. The Bertz CT molecular complexity index is 3910. The van der Waals surface area contributed by atoms with Gasteiger partial charge in [0.2, 0.25) is 5.88 Å². The fourth-order valence-electron chi connectivity index (χ4n) is 11.2. The van der Waals surface area contributed by atoms with Crippen LogP contribution in [0.3, 0.4) is 0 Å². The molecule has 13 heteroatoms. The van der Waals surface area contributed by atoms with Crippen molar-refractivity contribution in [3.8, 4) is 11.6 Å². The number of carbonyl (C=O) groups is 3. The molecule has 3 saturated carbocycles. The molecule has 3 aliphatic carbocycles. The number of halogens is 1. The van der Waals surface area contributed by atoms with Gasteiger partial charge in [-0.1, -0.05) is 161 Å². The summed E-state index contributed by atoms with van der Waals surface area (Å²) in [5.41, 5.74) is 15.1. The third-order valence-electron chi connectivity index (χ3n) is 16.5. The summed E-state index contributed by atoms with van der Waals surface area (Å²) in [6, 6.07) is 53.3. The molecule has 0 radical (unpaired) electrons. The molecule has 0 bridgehead atoms. The summed E-state index contributed by atoms with van der Waals surface area (Å²) < 4.78 is 12.5. The highest BCUT2D eigenvalue weighted by molar-refractivity contribution is 9.10. The number of carbonyl (C=O) groups excluding carboxylic acids is 3.